The van der Waals surface area contributed by atoms with Crippen LogP contribution in [0.2, 0.25) is 0 Å². The highest BCUT2D eigenvalue weighted by atomic mass is 16.1. The van der Waals surface area contributed by atoms with Crippen LogP contribution in [0.25, 0.3) is 0 Å². The van der Waals surface area contributed by atoms with Crippen molar-refractivity contribution in [2.24, 2.45) is 0 Å². The molecule has 1 aliphatic rings. The number of nitrogens with zero attached hydrogens (tertiary/aromatic N) is 2. The zero-order chi connectivity index (χ0) is 16.2. The van der Waals surface area contributed by atoms with Gasteiger partial charge in [-0.1, -0.05) is 18.2 Å². The summed E-state index contributed by atoms with van der Waals surface area (Å²) in [6.45, 7) is 7.21. The summed E-state index contributed by atoms with van der Waals surface area (Å²) in [5.41, 5.74) is 2.16. The zero-order valence-electron chi connectivity index (χ0n) is 13.3. The highest BCUT2D eigenvalue weighted by Crippen LogP contribution is 2.17. The van der Waals surface area contributed by atoms with E-state index in [4.69, 9.17) is 5.26 Å². The van der Waals surface area contributed by atoms with Gasteiger partial charge in [0, 0.05) is 24.0 Å². The fourth-order valence-corrected chi connectivity index (χ4v) is 2.25. The monoisotopic (exact) mass is 295 g/mol. The van der Waals surface area contributed by atoms with E-state index in [0.717, 1.165) is 17.8 Å². The van der Waals surface area contributed by atoms with E-state index in [2.05, 4.69) is 37.1 Å². The molecule has 0 fully saturated rings. The first-order valence-electron chi connectivity index (χ1n) is 7.33. The second-order valence-electron chi connectivity index (χ2n) is 6.29. The van der Waals surface area contributed by atoms with Gasteiger partial charge >= 0.3 is 0 Å². The molecule has 0 aliphatic carbocycles. The van der Waals surface area contributed by atoms with E-state index in [-0.39, 0.29) is 17.9 Å². The summed E-state index contributed by atoms with van der Waals surface area (Å²) >= 11 is 0. The molecular weight excluding hydrogens is 274 g/mol. The molecule has 0 bridgehead atoms. The first-order valence-corrected chi connectivity index (χ1v) is 7.33. The summed E-state index contributed by atoms with van der Waals surface area (Å²) < 4.78 is 0. The molecule has 0 unspecified atom stereocenters. The standard InChI is InChI=1S/C18H21N3O/c1-18(2,3)21-10-8-16(9-11-21)20-17(22)12-14-6-4-5-7-15(14)13-19/h4-10H,11-12H2,1-3H3,(H,20,22). The van der Waals surface area contributed by atoms with E-state index in [9.17, 15) is 4.79 Å². The molecule has 0 saturated heterocycles. The number of allylic oxidation sites excluding steroid dienone is 1. The van der Waals surface area contributed by atoms with Crippen LogP contribution in [0.15, 0.2) is 48.3 Å². The third kappa shape index (κ3) is 3.98. The first-order chi connectivity index (χ1) is 10.4. The summed E-state index contributed by atoms with van der Waals surface area (Å²) in [7, 11) is 0. The highest BCUT2D eigenvalue weighted by Gasteiger charge is 2.19. The lowest BCUT2D eigenvalue weighted by Gasteiger charge is -2.35. The maximum Gasteiger partial charge on any atom is 0.228 e. The van der Waals surface area contributed by atoms with Crippen molar-refractivity contribution in [1.29, 1.82) is 5.26 Å². The molecule has 4 nitrogen and oxygen atoms in total. The predicted octanol–water partition coefficient (Wildman–Crippen LogP) is 2.73. The Morgan fingerprint density at radius 1 is 1.36 bits per heavy atom. The van der Waals surface area contributed by atoms with Gasteiger partial charge in [0.05, 0.1) is 18.1 Å². The van der Waals surface area contributed by atoms with Crippen LogP contribution in [0, 0.1) is 11.3 Å². The zero-order valence-corrected chi connectivity index (χ0v) is 13.3. The number of nitrogens with one attached hydrogen (secondary N) is 1. The number of benzene rings is 1. The summed E-state index contributed by atoms with van der Waals surface area (Å²) in [5, 5.41) is 11.9. The minimum Gasteiger partial charge on any atom is -0.369 e. The summed E-state index contributed by atoms with van der Waals surface area (Å²) in [6.07, 6.45) is 6.11. The molecule has 0 radical (unpaired) electrons. The van der Waals surface area contributed by atoms with E-state index in [1.54, 1.807) is 12.1 Å². The Morgan fingerprint density at radius 2 is 2.09 bits per heavy atom. The van der Waals surface area contributed by atoms with Crippen molar-refractivity contribution in [2.45, 2.75) is 32.7 Å². The maximum atomic E-state index is 12.1. The quantitative estimate of drug-likeness (QED) is 0.933. The van der Waals surface area contributed by atoms with Crippen LogP contribution in [-0.2, 0) is 11.2 Å². The van der Waals surface area contributed by atoms with Crippen LogP contribution in [-0.4, -0.2) is 22.9 Å². The second-order valence-corrected chi connectivity index (χ2v) is 6.29. The summed E-state index contributed by atoms with van der Waals surface area (Å²) in [6, 6.07) is 9.28. The number of carbonyl (C=O) groups excluding carboxylic acids is 1. The average Bonchev–Trinajstić information content (AvgIpc) is 2.47. The Hall–Kier alpha value is -2.54. The topological polar surface area (TPSA) is 56.1 Å². The van der Waals surface area contributed by atoms with Crippen LogP contribution in [0.5, 0.6) is 0 Å². The van der Waals surface area contributed by atoms with Gasteiger partial charge in [0.25, 0.3) is 0 Å². The minimum atomic E-state index is -0.109. The van der Waals surface area contributed by atoms with Gasteiger partial charge in [0.1, 0.15) is 0 Å². The van der Waals surface area contributed by atoms with Crippen molar-refractivity contribution < 1.29 is 4.79 Å². The van der Waals surface area contributed by atoms with Crippen LogP contribution < -0.4 is 5.32 Å². The lowest BCUT2D eigenvalue weighted by Crippen LogP contribution is -2.39. The Bertz CT molecular complexity index is 660. The van der Waals surface area contributed by atoms with Crippen molar-refractivity contribution in [3.05, 3.63) is 59.4 Å². The Labute approximate surface area is 131 Å². The Balaban J connectivity index is 1.96. The lowest BCUT2D eigenvalue weighted by molar-refractivity contribution is -0.119. The van der Waals surface area contributed by atoms with Crippen molar-refractivity contribution in [2.75, 3.05) is 6.54 Å². The van der Waals surface area contributed by atoms with E-state index < -0.39 is 0 Å². The molecule has 1 N–H and O–H groups in total. The average molecular weight is 295 g/mol. The normalized spacial score (nSPS) is 14.3. The predicted molar refractivity (Wildman–Crippen MR) is 86.7 cm³/mol. The molecule has 22 heavy (non-hydrogen) atoms. The molecule has 0 spiro atoms. The number of hydrogen-bond acceptors (Lipinski definition) is 3. The van der Waals surface area contributed by atoms with Gasteiger partial charge in [-0.25, -0.2) is 0 Å². The SMILES string of the molecule is CC(C)(C)N1C=CC(NC(=O)Cc2ccccc2C#N)=CC1. The molecule has 114 valence electrons. The van der Waals surface area contributed by atoms with Gasteiger partial charge in [-0.2, -0.15) is 5.26 Å². The summed E-state index contributed by atoms with van der Waals surface area (Å²) in [5.74, 6) is -0.109. The van der Waals surface area contributed by atoms with Crippen LogP contribution in [0.3, 0.4) is 0 Å². The van der Waals surface area contributed by atoms with Crippen LogP contribution in [0.1, 0.15) is 31.9 Å². The van der Waals surface area contributed by atoms with Gasteiger partial charge in [-0.3, -0.25) is 4.79 Å². The van der Waals surface area contributed by atoms with E-state index in [1.807, 2.05) is 30.5 Å². The molecule has 1 amide bonds. The van der Waals surface area contributed by atoms with Gasteiger partial charge < -0.3 is 10.2 Å². The first kappa shape index (κ1) is 15.8. The highest BCUT2D eigenvalue weighted by molar-refractivity contribution is 5.81. The lowest BCUT2D eigenvalue weighted by atomic mass is 10.0. The Kier molecular flexibility index (Phi) is 4.67. The number of nitriles is 1. The molecule has 4 heteroatoms. The Morgan fingerprint density at radius 3 is 2.68 bits per heavy atom. The number of hydrogen-bond donors (Lipinski definition) is 1. The van der Waals surface area contributed by atoms with Crippen molar-refractivity contribution in [1.82, 2.24) is 10.2 Å². The third-order valence-corrected chi connectivity index (χ3v) is 3.58. The van der Waals surface area contributed by atoms with E-state index in [0.29, 0.717) is 5.56 Å². The minimum absolute atomic E-state index is 0.0638. The second kappa shape index (κ2) is 6.48. The largest absolute Gasteiger partial charge is 0.369 e. The van der Waals surface area contributed by atoms with Crippen LogP contribution >= 0.6 is 0 Å². The van der Waals surface area contributed by atoms with Crippen molar-refractivity contribution in [3.63, 3.8) is 0 Å². The smallest absolute Gasteiger partial charge is 0.228 e. The third-order valence-electron chi connectivity index (χ3n) is 3.58. The summed E-state index contributed by atoms with van der Waals surface area (Å²) in [4.78, 5) is 14.3. The molecule has 0 saturated carbocycles. The fraction of sp³-hybridized carbons (Fsp3) is 0.333. The maximum absolute atomic E-state index is 12.1. The molecule has 2 rings (SSSR count). The van der Waals surface area contributed by atoms with E-state index in [1.165, 1.54) is 0 Å². The number of carbonyl (C=O) groups is 1. The van der Waals surface area contributed by atoms with E-state index >= 15 is 0 Å². The molecule has 0 atom stereocenters. The molecule has 1 aromatic carbocycles. The van der Waals surface area contributed by atoms with Gasteiger partial charge in [-0.05, 0) is 44.6 Å². The number of amides is 1. The molecule has 1 aromatic rings. The molecule has 1 heterocycles. The van der Waals surface area contributed by atoms with Crippen LogP contribution in [0.4, 0.5) is 0 Å². The van der Waals surface area contributed by atoms with Gasteiger partial charge in [0.2, 0.25) is 5.91 Å². The van der Waals surface area contributed by atoms with Gasteiger partial charge in [0.15, 0.2) is 0 Å². The molecular formula is C18H21N3O. The number of rotatable bonds is 3. The van der Waals surface area contributed by atoms with Crippen molar-refractivity contribution >= 4 is 5.91 Å². The van der Waals surface area contributed by atoms with Gasteiger partial charge in [-0.15, -0.1) is 0 Å². The fourth-order valence-electron chi connectivity index (χ4n) is 2.25. The molecule has 0 aromatic heterocycles. The van der Waals surface area contributed by atoms with Crippen molar-refractivity contribution in [3.8, 4) is 6.07 Å². The molecule has 1 aliphatic heterocycles.